The van der Waals surface area contributed by atoms with Gasteiger partial charge >= 0.3 is 6.18 Å². The molecule has 1 saturated heterocycles. The largest absolute Gasteiger partial charge is 0.416 e. The van der Waals surface area contributed by atoms with Crippen LogP contribution in [0.2, 0.25) is 0 Å². The minimum Gasteiger partial charge on any atom is -0.382 e. The van der Waals surface area contributed by atoms with E-state index in [1.807, 2.05) is 12.1 Å². The lowest BCUT2D eigenvalue weighted by Crippen LogP contribution is -2.39. The van der Waals surface area contributed by atoms with Crippen molar-refractivity contribution in [1.29, 1.82) is 0 Å². The summed E-state index contributed by atoms with van der Waals surface area (Å²) in [6.45, 7) is 1.37. The second-order valence-corrected chi connectivity index (χ2v) is 6.97. The number of halogens is 3. The highest BCUT2D eigenvalue weighted by Gasteiger charge is 2.30. The lowest BCUT2D eigenvalue weighted by molar-refractivity contribution is -0.137. The van der Waals surface area contributed by atoms with E-state index in [9.17, 15) is 18.3 Å². The smallest absolute Gasteiger partial charge is 0.382 e. The fourth-order valence-electron chi connectivity index (χ4n) is 3.66. The number of nitrogens with zero attached hydrogens (tertiary/aromatic N) is 2. The molecule has 0 spiro atoms. The molecule has 1 fully saturated rings. The van der Waals surface area contributed by atoms with Crippen molar-refractivity contribution in [3.8, 4) is 5.75 Å². The molecule has 1 aromatic heterocycles. The Labute approximate surface area is 160 Å². The first-order chi connectivity index (χ1) is 13.4. The molecule has 0 amide bonds. The normalized spacial score (nSPS) is 15.8. The molecule has 0 bridgehead atoms. The average Bonchev–Trinajstić information content (AvgIpc) is 2.68. The minimum atomic E-state index is -4.33. The van der Waals surface area contributed by atoms with Gasteiger partial charge in [0, 0.05) is 36.4 Å². The van der Waals surface area contributed by atoms with Crippen LogP contribution in [0.1, 0.15) is 18.4 Å². The van der Waals surface area contributed by atoms with Gasteiger partial charge in [-0.15, -0.1) is 0 Å². The standard InChI is InChI=1S/C21H19F3N3O/c22-21(23,24)15-4-6-16(7-5-15)26-17-9-12-27(13-10-17)20-18(28)8-3-14-2-1-11-25-19(14)20/h1-8,11,17,26H,9-10,12-13H2. The summed E-state index contributed by atoms with van der Waals surface area (Å²) in [5, 5.41) is 16.7. The number of pyridine rings is 1. The van der Waals surface area contributed by atoms with Crippen LogP contribution in [0.4, 0.5) is 24.5 Å². The molecule has 0 unspecified atom stereocenters. The fraction of sp³-hybridized carbons (Fsp3) is 0.286. The van der Waals surface area contributed by atoms with E-state index in [4.69, 9.17) is 0 Å². The predicted molar refractivity (Wildman–Crippen MR) is 102 cm³/mol. The van der Waals surface area contributed by atoms with Crippen molar-refractivity contribution in [2.24, 2.45) is 0 Å². The van der Waals surface area contributed by atoms with E-state index in [1.165, 1.54) is 12.1 Å². The fourth-order valence-corrected chi connectivity index (χ4v) is 3.66. The summed E-state index contributed by atoms with van der Waals surface area (Å²) < 4.78 is 38.0. The third-order valence-corrected chi connectivity index (χ3v) is 5.11. The molecular weight excluding hydrogens is 367 g/mol. The van der Waals surface area contributed by atoms with Gasteiger partial charge in [0.1, 0.15) is 5.69 Å². The molecule has 2 heterocycles. The van der Waals surface area contributed by atoms with Gasteiger partial charge in [-0.3, -0.25) is 10.1 Å². The molecule has 4 rings (SSSR count). The van der Waals surface area contributed by atoms with Crippen LogP contribution in [0.15, 0.2) is 54.7 Å². The topological polar surface area (TPSA) is 48.1 Å². The number of benzene rings is 2. The Morgan fingerprint density at radius 3 is 2.39 bits per heavy atom. The van der Waals surface area contributed by atoms with Gasteiger partial charge in [-0.2, -0.15) is 13.2 Å². The summed E-state index contributed by atoms with van der Waals surface area (Å²) in [5.74, 6) is -0.0413. The molecule has 4 nitrogen and oxygen atoms in total. The maximum absolute atomic E-state index is 12.7. The zero-order valence-electron chi connectivity index (χ0n) is 15.0. The van der Waals surface area contributed by atoms with Crippen molar-refractivity contribution in [1.82, 2.24) is 4.98 Å². The quantitative estimate of drug-likeness (QED) is 0.649. The number of alkyl halides is 3. The average molecular weight is 386 g/mol. The molecular formula is C21H19F3N3O. The van der Waals surface area contributed by atoms with Crippen molar-refractivity contribution in [3.05, 3.63) is 60.3 Å². The SMILES string of the molecule is [O]c1ccc2cccnc2c1N1CCC(Nc2ccc(C(F)(F)F)cc2)CC1. The van der Waals surface area contributed by atoms with E-state index in [2.05, 4.69) is 15.2 Å². The van der Waals surface area contributed by atoms with Crippen LogP contribution < -0.4 is 10.2 Å². The Hall–Kier alpha value is -2.96. The highest BCUT2D eigenvalue weighted by molar-refractivity contribution is 5.94. The maximum atomic E-state index is 12.7. The van der Waals surface area contributed by atoms with Gasteiger partial charge in [-0.05, 0) is 55.3 Å². The molecule has 3 aromatic rings. The molecule has 28 heavy (non-hydrogen) atoms. The Kier molecular flexibility index (Phi) is 4.75. The number of fused-ring (bicyclic) bond motifs is 1. The molecule has 1 aliphatic heterocycles. The van der Waals surface area contributed by atoms with Crippen LogP contribution >= 0.6 is 0 Å². The maximum Gasteiger partial charge on any atom is 0.416 e. The van der Waals surface area contributed by atoms with Crippen molar-refractivity contribution in [2.45, 2.75) is 25.1 Å². The summed E-state index contributed by atoms with van der Waals surface area (Å²) in [7, 11) is 0. The van der Waals surface area contributed by atoms with Crippen LogP contribution in [0, 0.1) is 0 Å². The van der Waals surface area contributed by atoms with Gasteiger partial charge in [-0.25, -0.2) is 0 Å². The molecule has 1 radical (unpaired) electrons. The Balaban J connectivity index is 1.44. The van der Waals surface area contributed by atoms with Crippen LogP contribution in [-0.4, -0.2) is 24.1 Å². The number of hydrogen-bond donors (Lipinski definition) is 1. The Morgan fingerprint density at radius 2 is 1.71 bits per heavy atom. The third-order valence-electron chi connectivity index (χ3n) is 5.11. The second kappa shape index (κ2) is 7.22. The van der Waals surface area contributed by atoms with E-state index in [0.717, 1.165) is 30.4 Å². The monoisotopic (exact) mass is 386 g/mol. The number of aromatic nitrogens is 1. The molecule has 0 saturated carbocycles. The lowest BCUT2D eigenvalue weighted by Gasteiger charge is -2.34. The number of hydrogen-bond acceptors (Lipinski definition) is 3. The first-order valence-electron chi connectivity index (χ1n) is 9.15. The van der Waals surface area contributed by atoms with E-state index in [1.54, 1.807) is 18.3 Å². The van der Waals surface area contributed by atoms with Gasteiger partial charge in [0.25, 0.3) is 0 Å². The van der Waals surface area contributed by atoms with E-state index >= 15 is 0 Å². The van der Waals surface area contributed by atoms with Crippen molar-refractivity contribution >= 4 is 22.3 Å². The summed E-state index contributed by atoms with van der Waals surface area (Å²) >= 11 is 0. The summed E-state index contributed by atoms with van der Waals surface area (Å²) in [5.41, 5.74) is 1.36. The molecule has 145 valence electrons. The zero-order chi connectivity index (χ0) is 19.7. The lowest BCUT2D eigenvalue weighted by atomic mass is 10.0. The molecule has 0 atom stereocenters. The second-order valence-electron chi connectivity index (χ2n) is 6.97. The van der Waals surface area contributed by atoms with Crippen molar-refractivity contribution < 1.29 is 18.3 Å². The van der Waals surface area contributed by atoms with E-state index in [0.29, 0.717) is 30.0 Å². The predicted octanol–water partition coefficient (Wildman–Crippen LogP) is 5.48. The van der Waals surface area contributed by atoms with Gasteiger partial charge < -0.3 is 10.2 Å². The molecule has 0 aliphatic carbocycles. The van der Waals surface area contributed by atoms with Crippen molar-refractivity contribution in [2.75, 3.05) is 23.3 Å². The Morgan fingerprint density at radius 1 is 1.00 bits per heavy atom. The first-order valence-corrected chi connectivity index (χ1v) is 9.15. The highest BCUT2D eigenvalue weighted by atomic mass is 19.4. The van der Waals surface area contributed by atoms with E-state index < -0.39 is 11.7 Å². The molecule has 1 aliphatic rings. The van der Waals surface area contributed by atoms with Gasteiger partial charge in [0.2, 0.25) is 5.75 Å². The summed E-state index contributed by atoms with van der Waals surface area (Å²) in [6.07, 6.45) is -1.08. The van der Waals surface area contributed by atoms with Gasteiger partial charge in [-0.1, -0.05) is 6.07 Å². The number of anilines is 2. The highest BCUT2D eigenvalue weighted by Crippen LogP contribution is 2.36. The van der Waals surface area contributed by atoms with Crippen LogP contribution in [0.25, 0.3) is 10.9 Å². The van der Waals surface area contributed by atoms with Crippen LogP contribution in [0.3, 0.4) is 0 Å². The number of rotatable bonds is 3. The van der Waals surface area contributed by atoms with Crippen LogP contribution in [-0.2, 0) is 11.3 Å². The van der Waals surface area contributed by atoms with Crippen molar-refractivity contribution in [3.63, 3.8) is 0 Å². The molecule has 2 aromatic carbocycles. The first kappa shape index (κ1) is 18.4. The Bertz CT molecular complexity index is 965. The summed E-state index contributed by atoms with van der Waals surface area (Å²) in [6, 6.07) is 12.4. The third kappa shape index (κ3) is 3.69. The molecule has 1 N–H and O–H groups in total. The van der Waals surface area contributed by atoms with Crippen LogP contribution in [0.5, 0.6) is 5.75 Å². The van der Waals surface area contributed by atoms with Gasteiger partial charge in [0.15, 0.2) is 0 Å². The zero-order valence-corrected chi connectivity index (χ0v) is 15.0. The summed E-state index contributed by atoms with van der Waals surface area (Å²) in [4.78, 5) is 6.44. The van der Waals surface area contributed by atoms with E-state index in [-0.39, 0.29) is 11.8 Å². The minimum absolute atomic E-state index is 0.0413. The molecule has 7 heteroatoms. The van der Waals surface area contributed by atoms with Gasteiger partial charge in [0.05, 0.1) is 11.1 Å². The number of nitrogens with one attached hydrogen (secondary N) is 1. The number of piperidine rings is 1.